The molecule has 0 atom stereocenters. The molecule has 0 saturated heterocycles. The van der Waals surface area contributed by atoms with Gasteiger partial charge in [0.1, 0.15) is 0 Å². The van der Waals surface area contributed by atoms with Crippen LogP contribution in [0.15, 0.2) is 41.6 Å². The predicted molar refractivity (Wildman–Crippen MR) is 107 cm³/mol. The van der Waals surface area contributed by atoms with Crippen LogP contribution in [-0.4, -0.2) is 41.5 Å². The van der Waals surface area contributed by atoms with Gasteiger partial charge in [0.25, 0.3) is 5.89 Å². The highest BCUT2D eigenvalue weighted by atomic mass is 16.5. The standard InChI is InChI=1S/C21H21N7O/c1-13-18(25-12-24-13)11-28-7-5-17-16(10-28)9-23-14(2)19(17)20-26-21(29-27-20)15-4-3-6-22-8-15/h3-4,6,8-9,12H,5,7,10-11H2,1-2H3,(H,24,25). The highest BCUT2D eigenvalue weighted by Crippen LogP contribution is 2.32. The molecule has 1 N–H and O–H groups in total. The lowest BCUT2D eigenvalue weighted by atomic mass is 9.94. The van der Waals surface area contributed by atoms with E-state index in [2.05, 4.69) is 41.9 Å². The van der Waals surface area contributed by atoms with E-state index >= 15 is 0 Å². The maximum Gasteiger partial charge on any atom is 0.259 e. The third-order valence-electron chi connectivity index (χ3n) is 5.40. The van der Waals surface area contributed by atoms with Crippen molar-refractivity contribution in [2.75, 3.05) is 6.54 Å². The summed E-state index contributed by atoms with van der Waals surface area (Å²) in [6.45, 7) is 6.65. The Bertz CT molecular complexity index is 1150. The molecule has 5 heterocycles. The van der Waals surface area contributed by atoms with Crippen LogP contribution in [0.4, 0.5) is 0 Å². The second kappa shape index (κ2) is 7.21. The van der Waals surface area contributed by atoms with Crippen molar-refractivity contribution in [1.82, 2.24) is 35.0 Å². The minimum Gasteiger partial charge on any atom is -0.348 e. The van der Waals surface area contributed by atoms with Crippen molar-refractivity contribution < 1.29 is 4.52 Å². The van der Waals surface area contributed by atoms with Crippen LogP contribution in [0.5, 0.6) is 0 Å². The molecule has 0 aromatic carbocycles. The maximum atomic E-state index is 5.50. The molecule has 0 fully saturated rings. The topological polar surface area (TPSA) is 96.6 Å². The van der Waals surface area contributed by atoms with Crippen molar-refractivity contribution >= 4 is 0 Å². The Morgan fingerprint density at radius 3 is 2.93 bits per heavy atom. The summed E-state index contributed by atoms with van der Waals surface area (Å²) in [5.74, 6) is 1.05. The van der Waals surface area contributed by atoms with Gasteiger partial charge in [0.2, 0.25) is 5.82 Å². The molecule has 0 bridgehead atoms. The van der Waals surface area contributed by atoms with Crippen molar-refractivity contribution in [3.05, 3.63) is 65.3 Å². The fourth-order valence-corrected chi connectivity index (χ4v) is 3.83. The number of aromatic amines is 1. The average Bonchev–Trinajstić information content (AvgIpc) is 3.38. The van der Waals surface area contributed by atoms with Crippen LogP contribution in [0, 0.1) is 13.8 Å². The fraction of sp³-hybridized carbons (Fsp3) is 0.286. The highest BCUT2D eigenvalue weighted by molar-refractivity contribution is 5.66. The summed E-state index contributed by atoms with van der Waals surface area (Å²) in [7, 11) is 0. The molecule has 29 heavy (non-hydrogen) atoms. The van der Waals surface area contributed by atoms with Gasteiger partial charge in [0.05, 0.1) is 17.6 Å². The molecule has 4 aromatic rings. The van der Waals surface area contributed by atoms with Crippen molar-refractivity contribution in [1.29, 1.82) is 0 Å². The van der Waals surface area contributed by atoms with E-state index in [9.17, 15) is 0 Å². The second-order valence-electron chi connectivity index (χ2n) is 7.32. The predicted octanol–water partition coefficient (Wildman–Crippen LogP) is 3.09. The number of pyridine rings is 2. The van der Waals surface area contributed by atoms with E-state index in [0.717, 1.165) is 54.3 Å². The molecule has 0 unspecified atom stereocenters. The zero-order valence-electron chi connectivity index (χ0n) is 16.4. The number of aromatic nitrogens is 6. The Morgan fingerprint density at radius 2 is 2.14 bits per heavy atom. The SMILES string of the molecule is Cc1ncc2c(c1-c1noc(-c3cccnc3)n1)CCN(Cc1nc[nH]c1C)C2. The van der Waals surface area contributed by atoms with E-state index in [-0.39, 0.29) is 0 Å². The summed E-state index contributed by atoms with van der Waals surface area (Å²) >= 11 is 0. The molecule has 8 heteroatoms. The van der Waals surface area contributed by atoms with Gasteiger partial charge in [-0.1, -0.05) is 5.16 Å². The smallest absolute Gasteiger partial charge is 0.259 e. The molecule has 1 aliphatic rings. The van der Waals surface area contributed by atoms with E-state index in [0.29, 0.717) is 11.7 Å². The first-order chi connectivity index (χ1) is 14.2. The van der Waals surface area contributed by atoms with E-state index in [4.69, 9.17) is 4.52 Å². The first-order valence-corrected chi connectivity index (χ1v) is 9.62. The number of nitrogens with one attached hydrogen (secondary N) is 1. The maximum absolute atomic E-state index is 5.50. The van der Waals surface area contributed by atoms with Gasteiger partial charge in [0, 0.05) is 55.2 Å². The van der Waals surface area contributed by atoms with E-state index in [1.807, 2.05) is 25.3 Å². The van der Waals surface area contributed by atoms with Crippen LogP contribution in [0.1, 0.15) is 28.2 Å². The number of hydrogen-bond donors (Lipinski definition) is 1. The van der Waals surface area contributed by atoms with Gasteiger partial charge < -0.3 is 9.51 Å². The molecule has 5 rings (SSSR count). The minimum atomic E-state index is 0.469. The van der Waals surface area contributed by atoms with Crippen LogP contribution < -0.4 is 0 Å². The normalized spacial score (nSPS) is 14.1. The summed E-state index contributed by atoms with van der Waals surface area (Å²) in [4.78, 5) is 23.3. The van der Waals surface area contributed by atoms with Gasteiger partial charge in [-0.2, -0.15) is 4.98 Å². The first-order valence-electron chi connectivity index (χ1n) is 9.62. The van der Waals surface area contributed by atoms with Gasteiger partial charge in [-0.3, -0.25) is 14.9 Å². The van der Waals surface area contributed by atoms with Gasteiger partial charge in [-0.25, -0.2) is 4.98 Å². The lowest BCUT2D eigenvalue weighted by molar-refractivity contribution is 0.242. The number of nitrogens with zero attached hydrogens (tertiary/aromatic N) is 6. The summed E-state index contributed by atoms with van der Waals surface area (Å²) in [5.41, 5.74) is 7.38. The third kappa shape index (κ3) is 3.31. The highest BCUT2D eigenvalue weighted by Gasteiger charge is 2.25. The molecule has 1 aliphatic heterocycles. The van der Waals surface area contributed by atoms with Crippen molar-refractivity contribution in [3.63, 3.8) is 0 Å². The number of H-pyrrole nitrogens is 1. The van der Waals surface area contributed by atoms with Crippen molar-refractivity contribution in [2.24, 2.45) is 0 Å². The number of fused-ring (bicyclic) bond motifs is 1. The van der Waals surface area contributed by atoms with Gasteiger partial charge in [-0.15, -0.1) is 0 Å². The van der Waals surface area contributed by atoms with Crippen molar-refractivity contribution in [2.45, 2.75) is 33.4 Å². The van der Waals surface area contributed by atoms with Crippen LogP contribution in [0.3, 0.4) is 0 Å². The molecule has 0 saturated carbocycles. The lowest BCUT2D eigenvalue weighted by Crippen LogP contribution is -2.31. The van der Waals surface area contributed by atoms with Crippen LogP contribution in [-0.2, 0) is 19.5 Å². The molecular formula is C21H21N7O. The Morgan fingerprint density at radius 1 is 1.21 bits per heavy atom. The third-order valence-corrected chi connectivity index (χ3v) is 5.40. The van der Waals surface area contributed by atoms with Crippen LogP contribution >= 0.6 is 0 Å². The summed E-state index contributed by atoms with van der Waals surface area (Å²) in [5, 5.41) is 4.24. The number of imidazole rings is 1. The Balaban J connectivity index is 1.45. The molecule has 0 spiro atoms. The fourth-order valence-electron chi connectivity index (χ4n) is 3.83. The molecule has 4 aromatic heterocycles. The molecule has 0 aliphatic carbocycles. The summed E-state index contributed by atoms with van der Waals surface area (Å²) < 4.78 is 5.50. The van der Waals surface area contributed by atoms with Crippen LogP contribution in [0.25, 0.3) is 22.8 Å². The molecule has 146 valence electrons. The summed E-state index contributed by atoms with van der Waals surface area (Å²) in [6.07, 6.45) is 8.08. The monoisotopic (exact) mass is 387 g/mol. The minimum absolute atomic E-state index is 0.469. The van der Waals surface area contributed by atoms with Crippen molar-refractivity contribution in [3.8, 4) is 22.8 Å². The van der Waals surface area contributed by atoms with Gasteiger partial charge in [-0.05, 0) is 43.5 Å². The van der Waals surface area contributed by atoms with Gasteiger partial charge >= 0.3 is 0 Å². The van der Waals surface area contributed by atoms with E-state index in [1.54, 1.807) is 18.7 Å². The zero-order chi connectivity index (χ0) is 19.8. The largest absolute Gasteiger partial charge is 0.348 e. The molecular weight excluding hydrogens is 366 g/mol. The second-order valence-corrected chi connectivity index (χ2v) is 7.32. The zero-order valence-corrected chi connectivity index (χ0v) is 16.4. The first kappa shape index (κ1) is 17.7. The number of rotatable bonds is 4. The Labute approximate surface area is 168 Å². The van der Waals surface area contributed by atoms with E-state index < -0.39 is 0 Å². The molecule has 0 amide bonds. The Kier molecular flexibility index (Phi) is 4.40. The number of hydrogen-bond acceptors (Lipinski definition) is 7. The molecule has 8 nitrogen and oxygen atoms in total. The lowest BCUT2D eigenvalue weighted by Gasteiger charge is -2.29. The van der Waals surface area contributed by atoms with Gasteiger partial charge in [0.15, 0.2) is 0 Å². The summed E-state index contributed by atoms with van der Waals surface area (Å²) in [6, 6.07) is 3.76. The van der Waals surface area contributed by atoms with E-state index in [1.165, 1.54) is 11.1 Å². The average molecular weight is 387 g/mol. The van der Waals surface area contributed by atoms with Crippen LogP contribution in [0.2, 0.25) is 0 Å². The quantitative estimate of drug-likeness (QED) is 0.575. The number of aryl methyl sites for hydroxylation is 2. The Hall–Kier alpha value is -3.39. The molecule has 0 radical (unpaired) electrons.